The number of nitrogens with zero attached hydrogens (tertiary/aromatic N) is 1. The number of alkyl halides is 3. The van der Waals surface area contributed by atoms with Crippen LogP contribution in [0.3, 0.4) is 0 Å². The average Bonchev–Trinajstić information content (AvgIpc) is 2.93. The Bertz CT molecular complexity index is 275. The van der Waals surface area contributed by atoms with Crippen LogP contribution in [-0.4, -0.2) is 36.2 Å². The van der Waals surface area contributed by atoms with Gasteiger partial charge in [0.2, 0.25) is 0 Å². The number of rotatable bonds is 4. The molecule has 2 atom stereocenters. The first-order valence-electron chi connectivity index (χ1n) is 6.37. The fourth-order valence-electron chi connectivity index (χ4n) is 2.90. The molecule has 2 nitrogen and oxygen atoms in total. The van der Waals surface area contributed by atoms with E-state index in [1.807, 2.05) is 6.92 Å². The molecular weight excluding hydrogens is 229 g/mol. The molecule has 0 heterocycles. The predicted molar refractivity (Wildman–Crippen MR) is 60.6 cm³/mol. The first-order chi connectivity index (χ1) is 7.80. The maximum Gasteiger partial charge on any atom is 0.401 e. The van der Waals surface area contributed by atoms with Crippen LogP contribution in [0.1, 0.15) is 39.0 Å². The molecule has 0 spiro atoms. The van der Waals surface area contributed by atoms with Gasteiger partial charge in [0.05, 0.1) is 6.54 Å². The van der Waals surface area contributed by atoms with Crippen molar-refractivity contribution in [3.8, 4) is 0 Å². The van der Waals surface area contributed by atoms with Crippen LogP contribution in [0.15, 0.2) is 0 Å². The summed E-state index contributed by atoms with van der Waals surface area (Å²) in [4.78, 5) is 1.60. The molecule has 0 aromatic rings. The lowest BCUT2D eigenvalue weighted by atomic mass is 9.84. The van der Waals surface area contributed by atoms with Crippen molar-refractivity contribution in [2.75, 3.05) is 13.1 Å². The second-order valence-corrected chi connectivity index (χ2v) is 5.90. The van der Waals surface area contributed by atoms with Gasteiger partial charge in [-0.1, -0.05) is 13.3 Å². The van der Waals surface area contributed by atoms with Gasteiger partial charge >= 0.3 is 6.18 Å². The highest BCUT2D eigenvalue weighted by atomic mass is 19.4. The van der Waals surface area contributed by atoms with Gasteiger partial charge in [-0.25, -0.2) is 0 Å². The standard InChI is InChI=1S/C12H21F3N2/c1-11(6-2-3-10(11)16)7-17(9-4-5-9)8-12(13,14)15/h9-10H,2-8,16H2,1H3. The van der Waals surface area contributed by atoms with Gasteiger partial charge in [-0.15, -0.1) is 0 Å². The lowest BCUT2D eigenvalue weighted by Gasteiger charge is -2.36. The largest absolute Gasteiger partial charge is 0.401 e. The molecule has 0 saturated heterocycles. The number of halogens is 3. The van der Waals surface area contributed by atoms with Crippen molar-refractivity contribution in [1.29, 1.82) is 0 Å². The van der Waals surface area contributed by atoms with Crippen LogP contribution >= 0.6 is 0 Å². The van der Waals surface area contributed by atoms with E-state index in [9.17, 15) is 13.2 Å². The Hall–Kier alpha value is -0.290. The summed E-state index contributed by atoms with van der Waals surface area (Å²) >= 11 is 0. The quantitative estimate of drug-likeness (QED) is 0.830. The minimum Gasteiger partial charge on any atom is -0.327 e. The van der Waals surface area contributed by atoms with Crippen molar-refractivity contribution in [1.82, 2.24) is 4.90 Å². The number of nitrogens with two attached hydrogens (primary N) is 1. The van der Waals surface area contributed by atoms with E-state index in [2.05, 4.69) is 0 Å². The van der Waals surface area contributed by atoms with Gasteiger partial charge in [0.1, 0.15) is 0 Å². The maximum atomic E-state index is 12.5. The topological polar surface area (TPSA) is 29.3 Å². The van der Waals surface area contributed by atoms with Gasteiger partial charge in [-0.05, 0) is 31.1 Å². The van der Waals surface area contributed by atoms with Crippen molar-refractivity contribution in [2.45, 2.75) is 57.3 Å². The van der Waals surface area contributed by atoms with Crippen molar-refractivity contribution in [3.05, 3.63) is 0 Å². The molecule has 2 rings (SSSR count). The van der Waals surface area contributed by atoms with E-state index in [-0.39, 0.29) is 17.5 Å². The minimum atomic E-state index is -4.10. The highest BCUT2D eigenvalue weighted by Crippen LogP contribution is 2.40. The Balaban J connectivity index is 1.97. The second-order valence-electron chi connectivity index (χ2n) is 5.90. The Kier molecular flexibility index (Phi) is 3.42. The molecule has 2 N–H and O–H groups in total. The predicted octanol–water partition coefficient (Wildman–Crippen LogP) is 2.53. The van der Waals surface area contributed by atoms with Crippen LogP contribution < -0.4 is 5.73 Å². The molecule has 2 saturated carbocycles. The molecule has 2 fully saturated rings. The molecule has 5 heteroatoms. The van der Waals surface area contributed by atoms with Crippen molar-refractivity contribution < 1.29 is 13.2 Å². The zero-order valence-electron chi connectivity index (χ0n) is 10.3. The first-order valence-corrected chi connectivity index (χ1v) is 6.37. The molecule has 100 valence electrons. The van der Waals surface area contributed by atoms with E-state index in [0.29, 0.717) is 6.54 Å². The third kappa shape index (κ3) is 3.35. The summed E-state index contributed by atoms with van der Waals surface area (Å²) in [5.74, 6) is 0. The van der Waals surface area contributed by atoms with Gasteiger partial charge in [0.15, 0.2) is 0 Å². The van der Waals surface area contributed by atoms with Gasteiger partial charge in [0.25, 0.3) is 0 Å². The van der Waals surface area contributed by atoms with Crippen LogP contribution in [-0.2, 0) is 0 Å². The fraction of sp³-hybridized carbons (Fsp3) is 1.00. The Morgan fingerprint density at radius 1 is 1.29 bits per heavy atom. The summed E-state index contributed by atoms with van der Waals surface area (Å²) < 4.78 is 37.6. The summed E-state index contributed by atoms with van der Waals surface area (Å²) in [7, 11) is 0. The third-order valence-electron chi connectivity index (χ3n) is 4.17. The highest BCUT2D eigenvalue weighted by Gasteiger charge is 2.44. The molecule has 2 unspecified atom stereocenters. The Labute approximate surface area is 100 Å². The molecule has 0 radical (unpaired) electrons. The monoisotopic (exact) mass is 250 g/mol. The summed E-state index contributed by atoms with van der Waals surface area (Å²) in [5, 5.41) is 0. The van der Waals surface area contributed by atoms with Gasteiger partial charge < -0.3 is 5.73 Å². The lowest BCUT2D eigenvalue weighted by Crippen LogP contribution is -2.47. The van der Waals surface area contributed by atoms with Crippen molar-refractivity contribution in [3.63, 3.8) is 0 Å². The van der Waals surface area contributed by atoms with Crippen molar-refractivity contribution in [2.24, 2.45) is 11.1 Å². The second kappa shape index (κ2) is 4.43. The third-order valence-corrected chi connectivity index (χ3v) is 4.17. The van der Waals surface area contributed by atoms with Gasteiger partial charge in [-0.2, -0.15) is 13.2 Å². The van der Waals surface area contributed by atoms with Crippen LogP contribution in [0.4, 0.5) is 13.2 Å². The summed E-state index contributed by atoms with van der Waals surface area (Å²) in [6.45, 7) is 1.76. The Morgan fingerprint density at radius 3 is 2.35 bits per heavy atom. The van der Waals surface area contributed by atoms with E-state index in [1.54, 1.807) is 4.90 Å². The summed E-state index contributed by atoms with van der Waals surface area (Å²) in [6, 6.07) is 0.193. The zero-order chi connectivity index (χ0) is 12.7. The normalized spacial score (nSPS) is 34.6. The fourth-order valence-corrected chi connectivity index (χ4v) is 2.90. The van der Waals surface area contributed by atoms with Gasteiger partial charge in [0, 0.05) is 18.6 Å². The zero-order valence-corrected chi connectivity index (χ0v) is 10.3. The summed E-state index contributed by atoms with van der Waals surface area (Å²) in [5.41, 5.74) is 5.91. The molecule has 17 heavy (non-hydrogen) atoms. The van der Waals surface area contributed by atoms with Gasteiger partial charge in [-0.3, -0.25) is 4.90 Å². The molecule has 2 aliphatic carbocycles. The smallest absolute Gasteiger partial charge is 0.327 e. The minimum absolute atomic E-state index is 0.0528. The average molecular weight is 250 g/mol. The SMILES string of the molecule is CC1(CN(CC(F)(F)F)C2CC2)CCCC1N. The molecule has 0 aliphatic heterocycles. The maximum absolute atomic E-state index is 12.5. The first kappa shape index (κ1) is 13.1. The van der Waals surface area contributed by atoms with E-state index in [1.165, 1.54) is 0 Å². The molecule has 0 bridgehead atoms. The van der Waals surface area contributed by atoms with E-state index in [4.69, 9.17) is 5.73 Å². The number of hydrogen-bond acceptors (Lipinski definition) is 2. The Morgan fingerprint density at radius 2 is 1.94 bits per heavy atom. The van der Waals surface area contributed by atoms with Crippen LogP contribution in [0.25, 0.3) is 0 Å². The molecule has 0 aromatic heterocycles. The molecular formula is C12H21F3N2. The van der Waals surface area contributed by atoms with E-state index in [0.717, 1.165) is 32.1 Å². The molecule has 0 amide bonds. The molecule has 0 aromatic carbocycles. The van der Waals surface area contributed by atoms with Crippen LogP contribution in [0, 0.1) is 5.41 Å². The van der Waals surface area contributed by atoms with E-state index >= 15 is 0 Å². The number of hydrogen-bond donors (Lipinski definition) is 1. The van der Waals surface area contributed by atoms with Crippen LogP contribution in [0.2, 0.25) is 0 Å². The summed E-state index contributed by atoms with van der Waals surface area (Å²) in [6.07, 6.45) is 0.656. The molecule has 2 aliphatic rings. The van der Waals surface area contributed by atoms with E-state index < -0.39 is 12.7 Å². The van der Waals surface area contributed by atoms with Crippen molar-refractivity contribution >= 4 is 0 Å². The lowest BCUT2D eigenvalue weighted by molar-refractivity contribution is -0.150. The highest BCUT2D eigenvalue weighted by molar-refractivity contribution is 4.97. The van der Waals surface area contributed by atoms with Crippen LogP contribution in [0.5, 0.6) is 0 Å².